The van der Waals surface area contributed by atoms with Crippen molar-refractivity contribution >= 4 is 17.3 Å². The quantitative estimate of drug-likeness (QED) is 0.801. The summed E-state index contributed by atoms with van der Waals surface area (Å²) in [6, 6.07) is 12.2. The first kappa shape index (κ1) is 10.4. The van der Waals surface area contributed by atoms with Crippen molar-refractivity contribution in [3.05, 3.63) is 46.6 Å². The van der Waals surface area contributed by atoms with E-state index in [-0.39, 0.29) is 5.92 Å². The molecule has 1 atom stereocenters. The summed E-state index contributed by atoms with van der Waals surface area (Å²) in [6.07, 6.45) is 0.845. The highest BCUT2D eigenvalue weighted by Crippen LogP contribution is 2.44. The van der Waals surface area contributed by atoms with E-state index < -0.39 is 0 Å². The van der Waals surface area contributed by atoms with Gasteiger partial charge in [0.25, 0.3) is 0 Å². The van der Waals surface area contributed by atoms with Gasteiger partial charge in [-0.15, -0.1) is 0 Å². The Morgan fingerprint density at radius 1 is 1.41 bits per heavy atom. The number of rotatable bonds is 2. The third-order valence-electron chi connectivity index (χ3n) is 3.14. The van der Waals surface area contributed by atoms with Crippen molar-refractivity contribution in [2.24, 2.45) is 11.0 Å². The van der Waals surface area contributed by atoms with Crippen LogP contribution in [-0.2, 0) is 6.54 Å². The van der Waals surface area contributed by atoms with E-state index in [1.54, 1.807) is 0 Å². The number of benzene rings is 1. The van der Waals surface area contributed by atoms with Crippen molar-refractivity contribution < 1.29 is 0 Å². The zero-order valence-electron chi connectivity index (χ0n) is 9.10. The van der Waals surface area contributed by atoms with E-state index in [1.165, 1.54) is 0 Å². The molecular formula is C13H10ClN3. The molecule has 84 valence electrons. The highest BCUT2D eigenvalue weighted by atomic mass is 35.5. The second kappa shape index (κ2) is 3.90. The molecule has 1 aromatic rings. The van der Waals surface area contributed by atoms with E-state index in [4.69, 9.17) is 16.9 Å². The van der Waals surface area contributed by atoms with Gasteiger partial charge in [-0.05, 0) is 5.56 Å². The average molecular weight is 244 g/mol. The normalized spacial score (nSPS) is 21.8. The van der Waals surface area contributed by atoms with E-state index in [2.05, 4.69) is 11.2 Å². The van der Waals surface area contributed by atoms with Gasteiger partial charge in [0.15, 0.2) is 0 Å². The molecule has 2 aliphatic heterocycles. The standard InChI is InChI=1S/C13H10ClN3/c14-13-10-6-12(13)17(16-11(10)7-15)8-9-4-2-1-3-5-9/h1-5,10H,6,8H2/t10-/m0/s1. The molecule has 0 N–H and O–H groups in total. The van der Waals surface area contributed by atoms with Crippen LogP contribution in [0, 0.1) is 17.2 Å². The van der Waals surface area contributed by atoms with Crippen LogP contribution >= 0.6 is 11.6 Å². The molecule has 1 aliphatic carbocycles. The molecule has 2 heterocycles. The molecule has 4 heteroatoms. The molecule has 4 rings (SSSR count). The Hall–Kier alpha value is -1.79. The van der Waals surface area contributed by atoms with E-state index in [0.717, 1.165) is 22.7 Å². The molecule has 1 aromatic carbocycles. The Balaban J connectivity index is 1.87. The van der Waals surface area contributed by atoms with Crippen molar-refractivity contribution in [3.8, 4) is 6.07 Å². The lowest BCUT2D eigenvalue weighted by atomic mass is 9.85. The Morgan fingerprint density at radius 2 is 2.18 bits per heavy atom. The van der Waals surface area contributed by atoms with E-state index >= 15 is 0 Å². The molecule has 0 radical (unpaired) electrons. The first-order chi connectivity index (χ1) is 8.29. The smallest absolute Gasteiger partial charge is 0.147 e. The Kier molecular flexibility index (Phi) is 2.38. The van der Waals surface area contributed by atoms with Gasteiger partial charge in [-0.25, -0.2) is 0 Å². The van der Waals surface area contributed by atoms with Crippen LogP contribution in [0.2, 0.25) is 0 Å². The van der Waals surface area contributed by atoms with E-state index in [9.17, 15) is 0 Å². The van der Waals surface area contributed by atoms with Gasteiger partial charge in [-0.3, -0.25) is 5.01 Å². The number of nitriles is 1. The Labute approximate surface area is 105 Å². The number of fused-ring (bicyclic) bond motifs is 1. The molecule has 0 spiro atoms. The van der Waals surface area contributed by atoms with Gasteiger partial charge in [0, 0.05) is 11.5 Å². The van der Waals surface area contributed by atoms with Gasteiger partial charge in [-0.2, -0.15) is 10.4 Å². The highest BCUT2D eigenvalue weighted by Gasteiger charge is 2.40. The summed E-state index contributed by atoms with van der Waals surface area (Å²) in [5.41, 5.74) is 2.75. The number of allylic oxidation sites excluding steroid dienone is 2. The number of nitrogens with zero attached hydrogens (tertiary/aromatic N) is 3. The molecule has 0 unspecified atom stereocenters. The summed E-state index contributed by atoms with van der Waals surface area (Å²) in [5, 5.41) is 16.0. The van der Waals surface area contributed by atoms with Crippen LogP contribution in [0.15, 0.2) is 46.2 Å². The number of hydrazone groups is 1. The lowest BCUT2D eigenvalue weighted by molar-refractivity contribution is 0.292. The molecule has 0 aromatic heterocycles. The maximum absolute atomic E-state index is 9.00. The molecule has 0 saturated carbocycles. The van der Waals surface area contributed by atoms with Crippen LogP contribution in [0.1, 0.15) is 12.0 Å². The summed E-state index contributed by atoms with van der Waals surface area (Å²) in [5.74, 6) is 0.0590. The van der Waals surface area contributed by atoms with E-state index in [0.29, 0.717) is 12.3 Å². The van der Waals surface area contributed by atoms with Crippen molar-refractivity contribution in [1.82, 2.24) is 5.01 Å². The molecular weight excluding hydrogens is 234 g/mol. The molecule has 0 amide bonds. The van der Waals surface area contributed by atoms with Gasteiger partial charge in [0.05, 0.1) is 18.2 Å². The maximum Gasteiger partial charge on any atom is 0.147 e. The minimum Gasteiger partial charge on any atom is -0.263 e. The number of hydrogen-bond donors (Lipinski definition) is 0. The highest BCUT2D eigenvalue weighted by molar-refractivity contribution is 6.34. The topological polar surface area (TPSA) is 39.4 Å². The zero-order chi connectivity index (χ0) is 11.8. The van der Waals surface area contributed by atoms with Gasteiger partial charge < -0.3 is 0 Å². The van der Waals surface area contributed by atoms with E-state index in [1.807, 2.05) is 35.3 Å². The summed E-state index contributed by atoms with van der Waals surface area (Å²) in [7, 11) is 0. The largest absolute Gasteiger partial charge is 0.263 e. The maximum atomic E-state index is 9.00. The van der Waals surface area contributed by atoms with Crippen LogP contribution in [0.4, 0.5) is 0 Å². The summed E-state index contributed by atoms with van der Waals surface area (Å²) >= 11 is 6.16. The fourth-order valence-corrected chi connectivity index (χ4v) is 2.50. The monoisotopic (exact) mass is 243 g/mol. The SMILES string of the molecule is N#CC1=NN(Cc2ccccc2)C2=C(Cl)[C@H]1C2. The van der Waals surface area contributed by atoms with Crippen molar-refractivity contribution in [2.75, 3.05) is 0 Å². The molecule has 0 saturated heterocycles. The summed E-state index contributed by atoms with van der Waals surface area (Å²) in [4.78, 5) is 0. The zero-order valence-corrected chi connectivity index (χ0v) is 9.85. The molecule has 0 fully saturated rings. The van der Waals surface area contributed by atoms with Gasteiger partial charge >= 0.3 is 0 Å². The predicted octanol–water partition coefficient (Wildman–Crippen LogP) is 2.85. The molecule has 2 bridgehead atoms. The van der Waals surface area contributed by atoms with Gasteiger partial charge in [0.2, 0.25) is 0 Å². The average Bonchev–Trinajstić information content (AvgIpc) is 2.38. The molecule has 3 aliphatic rings. The van der Waals surface area contributed by atoms with Crippen molar-refractivity contribution in [3.63, 3.8) is 0 Å². The summed E-state index contributed by atoms with van der Waals surface area (Å²) < 4.78 is 0. The third kappa shape index (κ3) is 1.62. The first-order valence-electron chi connectivity index (χ1n) is 5.48. The second-order valence-electron chi connectivity index (χ2n) is 4.19. The van der Waals surface area contributed by atoms with Crippen LogP contribution in [0.25, 0.3) is 0 Å². The van der Waals surface area contributed by atoms with Crippen LogP contribution in [-0.4, -0.2) is 10.7 Å². The minimum absolute atomic E-state index is 0.0590. The molecule has 17 heavy (non-hydrogen) atoms. The van der Waals surface area contributed by atoms with Gasteiger partial charge in [0.1, 0.15) is 11.8 Å². The third-order valence-corrected chi connectivity index (χ3v) is 3.62. The van der Waals surface area contributed by atoms with Crippen molar-refractivity contribution in [2.45, 2.75) is 13.0 Å². The van der Waals surface area contributed by atoms with Crippen molar-refractivity contribution in [1.29, 1.82) is 5.26 Å². The Bertz CT molecular complexity index is 554. The minimum atomic E-state index is 0.0590. The first-order valence-corrected chi connectivity index (χ1v) is 5.86. The lowest BCUT2D eigenvalue weighted by Crippen LogP contribution is -2.38. The Morgan fingerprint density at radius 3 is 2.82 bits per heavy atom. The second-order valence-corrected chi connectivity index (χ2v) is 4.60. The fraction of sp³-hybridized carbons (Fsp3) is 0.231. The number of hydrogen-bond acceptors (Lipinski definition) is 3. The van der Waals surface area contributed by atoms with Crippen LogP contribution < -0.4 is 0 Å². The fourth-order valence-electron chi connectivity index (χ4n) is 2.14. The van der Waals surface area contributed by atoms with Crippen LogP contribution in [0.5, 0.6) is 0 Å². The lowest BCUT2D eigenvalue weighted by Gasteiger charge is -2.39. The number of halogens is 1. The summed E-state index contributed by atoms with van der Waals surface area (Å²) in [6.45, 7) is 0.671. The predicted molar refractivity (Wildman–Crippen MR) is 66.0 cm³/mol. The molecule has 3 nitrogen and oxygen atoms in total. The van der Waals surface area contributed by atoms with Gasteiger partial charge in [-0.1, -0.05) is 41.9 Å². The van der Waals surface area contributed by atoms with Crippen LogP contribution in [0.3, 0.4) is 0 Å².